The second-order valence-electron chi connectivity index (χ2n) is 7.73. The number of hydrogen-bond donors (Lipinski definition) is 2. The molecule has 0 fully saturated rings. The third-order valence-corrected chi connectivity index (χ3v) is 3.47. The molecule has 0 bridgehead atoms. The van der Waals surface area contributed by atoms with E-state index in [2.05, 4.69) is 47.6 Å². The van der Waals surface area contributed by atoms with E-state index in [4.69, 9.17) is 0 Å². The van der Waals surface area contributed by atoms with Crippen molar-refractivity contribution < 1.29 is 10.0 Å². The Balaban J connectivity index is 3.15. The van der Waals surface area contributed by atoms with Gasteiger partial charge in [0.2, 0.25) is 0 Å². The number of rotatable bonds is 3. The molecule has 0 aliphatic carbocycles. The lowest BCUT2D eigenvalue weighted by Gasteiger charge is -2.36. The molecule has 0 spiro atoms. The van der Waals surface area contributed by atoms with Crippen LogP contribution >= 0.6 is 0 Å². The fourth-order valence-corrected chi connectivity index (χ4v) is 2.47. The van der Waals surface area contributed by atoms with Crippen LogP contribution in [0, 0.1) is 10.8 Å². The van der Waals surface area contributed by atoms with E-state index < -0.39 is 7.12 Å². The lowest BCUT2D eigenvalue weighted by atomic mass is 9.68. The van der Waals surface area contributed by atoms with Crippen LogP contribution in [0.4, 0.5) is 0 Å². The summed E-state index contributed by atoms with van der Waals surface area (Å²) in [5, 5.41) is 18.6. The van der Waals surface area contributed by atoms with Gasteiger partial charge in [0.25, 0.3) is 0 Å². The number of benzene rings is 1. The minimum atomic E-state index is -1.39. The molecule has 0 radical (unpaired) electrons. The van der Waals surface area contributed by atoms with Crippen molar-refractivity contribution in [3.63, 3.8) is 0 Å². The fraction of sp³-hybridized carbons (Fsp3) is 0.625. The second-order valence-corrected chi connectivity index (χ2v) is 7.73. The van der Waals surface area contributed by atoms with Crippen LogP contribution in [0.5, 0.6) is 0 Å². The molecule has 0 aliphatic rings. The molecule has 0 aliphatic heterocycles. The molecule has 0 amide bonds. The van der Waals surface area contributed by atoms with E-state index in [9.17, 15) is 10.0 Å². The van der Waals surface area contributed by atoms with Gasteiger partial charge >= 0.3 is 7.12 Å². The van der Waals surface area contributed by atoms with E-state index in [1.165, 1.54) is 5.56 Å². The van der Waals surface area contributed by atoms with Gasteiger partial charge in [-0.2, -0.15) is 0 Å². The van der Waals surface area contributed by atoms with Crippen LogP contribution in [-0.4, -0.2) is 17.2 Å². The summed E-state index contributed by atoms with van der Waals surface area (Å²) in [6.45, 7) is 13.5. The molecule has 3 heteroatoms. The molecule has 0 heterocycles. The second kappa shape index (κ2) is 5.68. The summed E-state index contributed by atoms with van der Waals surface area (Å²) in [5.41, 5.74) is 2.15. The third-order valence-electron chi connectivity index (χ3n) is 3.47. The first kappa shape index (κ1) is 16.3. The summed E-state index contributed by atoms with van der Waals surface area (Å²) in [7, 11) is -1.39. The van der Waals surface area contributed by atoms with E-state index in [-0.39, 0.29) is 10.8 Å². The molecular formula is C16H27BO2. The van der Waals surface area contributed by atoms with E-state index in [0.717, 1.165) is 6.42 Å². The van der Waals surface area contributed by atoms with Gasteiger partial charge in [-0.1, -0.05) is 65.8 Å². The normalized spacial score (nSPS) is 14.3. The third kappa shape index (κ3) is 5.00. The zero-order valence-electron chi connectivity index (χ0n) is 13.1. The van der Waals surface area contributed by atoms with Crippen molar-refractivity contribution >= 4 is 12.6 Å². The van der Waals surface area contributed by atoms with Gasteiger partial charge in [0.05, 0.1) is 0 Å². The summed E-state index contributed by atoms with van der Waals surface area (Å²) >= 11 is 0. The first-order valence-corrected chi connectivity index (χ1v) is 6.97. The molecule has 19 heavy (non-hydrogen) atoms. The monoisotopic (exact) mass is 262 g/mol. The summed E-state index contributed by atoms with van der Waals surface area (Å²) in [6, 6.07) is 7.68. The van der Waals surface area contributed by atoms with Crippen LogP contribution in [0.15, 0.2) is 24.3 Å². The predicted molar refractivity (Wildman–Crippen MR) is 82.5 cm³/mol. The predicted octanol–water partition coefficient (Wildman–Crippen LogP) is 2.93. The summed E-state index contributed by atoms with van der Waals surface area (Å²) < 4.78 is 0. The van der Waals surface area contributed by atoms with Crippen LogP contribution in [0.1, 0.15) is 59.4 Å². The minimum Gasteiger partial charge on any atom is -0.423 e. The van der Waals surface area contributed by atoms with Gasteiger partial charge < -0.3 is 10.0 Å². The maximum absolute atomic E-state index is 9.32. The molecule has 1 aromatic carbocycles. The highest BCUT2D eigenvalue weighted by molar-refractivity contribution is 6.58. The van der Waals surface area contributed by atoms with Crippen molar-refractivity contribution in [3.8, 4) is 0 Å². The molecule has 1 atom stereocenters. The Morgan fingerprint density at radius 3 is 2.05 bits per heavy atom. The Morgan fingerprint density at radius 1 is 1.05 bits per heavy atom. The molecule has 106 valence electrons. The van der Waals surface area contributed by atoms with E-state index >= 15 is 0 Å². The van der Waals surface area contributed by atoms with Gasteiger partial charge in [-0.25, -0.2) is 0 Å². The van der Waals surface area contributed by atoms with Crippen molar-refractivity contribution in [1.82, 2.24) is 0 Å². The molecule has 1 aromatic rings. The highest BCUT2D eigenvalue weighted by Crippen LogP contribution is 2.42. The van der Waals surface area contributed by atoms with Crippen LogP contribution in [-0.2, 0) is 0 Å². The smallest absolute Gasteiger partial charge is 0.423 e. The van der Waals surface area contributed by atoms with Gasteiger partial charge in [0.1, 0.15) is 0 Å². The lowest BCUT2D eigenvalue weighted by Crippen LogP contribution is -2.31. The van der Waals surface area contributed by atoms with Gasteiger partial charge in [-0.15, -0.1) is 0 Å². The maximum atomic E-state index is 9.32. The molecule has 0 saturated carbocycles. The summed E-state index contributed by atoms with van der Waals surface area (Å²) in [5.74, 6) is 0.395. The average Bonchev–Trinajstić information content (AvgIpc) is 2.23. The summed E-state index contributed by atoms with van der Waals surface area (Å²) in [4.78, 5) is 0. The summed E-state index contributed by atoms with van der Waals surface area (Å²) in [6.07, 6.45) is 1.07. The Hall–Kier alpha value is -0.795. The van der Waals surface area contributed by atoms with Crippen molar-refractivity contribution in [2.75, 3.05) is 0 Å². The van der Waals surface area contributed by atoms with Crippen LogP contribution in [0.2, 0.25) is 0 Å². The topological polar surface area (TPSA) is 40.5 Å². The van der Waals surface area contributed by atoms with Gasteiger partial charge in [0.15, 0.2) is 0 Å². The molecule has 0 saturated heterocycles. The highest BCUT2D eigenvalue weighted by Gasteiger charge is 2.30. The van der Waals surface area contributed by atoms with Crippen molar-refractivity contribution in [1.29, 1.82) is 0 Å². The molecular weight excluding hydrogens is 235 g/mol. The SMILES string of the molecule is CC(C)(C)CC(c1cccc(B(O)O)c1)C(C)(C)C. The Labute approximate surface area is 118 Å². The van der Waals surface area contributed by atoms with Crippen LogP contribution in [0.3, 0.4) is 0 Å². The number of hydrogen-bond acceptors (Lipinski definition) is 2. The molecule has 1 rings (SSSR count). The zero-order valence-corrected chi connectivity index (χ0v) is 13.1. The zero-order chi connectivity index (χ0) is 14.8. The van der Waals surface area contributed by atoms with Crippen molar-refractivity contribution in [3.05, 3.63) is 29.8 Å². The van der Waals surface area contributed by atoms with Gasteiger partial charge in [-0.3, -0.25) is 0 Å². The molecule has 2 nitrogen and oxygen atoms in total. The molecule has 0 aromatic heterocycles. The van der Waals surface area contributed by atoms with Crippen LogP contribution in [0.25, 0.3) is 0 Å². The fourth-order valence-electron chi connectivity index (χ4n) is 2.47. The standard InChI is InChI=1S/C16H27BO2/c1-15(2,3)11-14(16(4,5)6)12-8-7-9-13(10-12)17(18)19/h7-10,14,18-19H,11H2,1-6H3. The van der Waals surface area contributed by atoms with E-state index in [0.29, 0.717) is 11.4 Å². The Bertz CT molecular complexity index is 413. The van der Waals surface area contributed by atoms with Crippen molar-refractivity contribution in [2.45, 2.75) is 53.9 Å². The lowest BCUT2D eigenvalue weighted by molar-refractivity contribution is 0.229. The van der Waals surface area contributed by atoms with Gasteiger partial charge in [-0.05, 0) is 34.2 Å². The largest absolute Gasteiger partial charge is 0.488 e. The Morgan fingerprint density at radius 2 is 1.63 bits per heavy atom. The highest BCUT2D eigenvalue weighted by atomic mass is 16.4. The van der Waals surface area contributed by atoms with Crippen molar-refractivity contribution in [2.24, 2.45) is 10.8 Å². The first-order chi connectivity index (χ1) is 8.50. The van der Waals surface area contributed by atoms with Crippen LogP contribution < -0.4 is 5.46 Å². The quantitative estimate of drug-likeness (QED) is 0.822. The van der Waals surface area contributed by atoms with E-state index in [1.54, 1.807) is 6.07 Å². The van der Waals surface area contributed by atoms with Gasteiger partial charge in [0, 0.05) is 0 Å². The molecule has 1 unspecified atom stereocenters. The average molecular weight is 262 g/mol. The first-order valence-electron chi connectivity index (χ1n) is 6.97. The maximum Gasteiger partial charge on any atom is 0.488 e. The Kier molecular flexibility index (Phi) is 4.86. The molecule has 2 N–H and O–H groups in total. The minimum absolute atomic E-state index is 0.145. The van der Waals surface area contributed by atoms with E-state index in [1.807, 2.05) is 12.1 Å².